The number of nitrogens with zero attached hydrogens (tertiary/aromatic N) is 1. The van der Waals surface area contributed by atoms with Crippen molar-refractivity contribution >= 4 is 5.97 Å². The third-order valence-corrected chi connectivity index (χ3v) is 3.79. The highest BCUT2D eigenvalue weighted by atomic mass is 16.4. The minimum Gasteiger partial charge on any atom is -0.478 e. The van der Waals surface area contributed by atoms with E-state index in [4.69, 9.17) is 0 Å². The lowest BCUT2D eigenvalue weighted by Crippen LogP contribution is -2.02. The highest BCUT2D eigenvalue weighted by Crippen LogP contribution is 2.27. The molecule has 0 saturated carbocycles. The van der Waals surface area contributed by atoms with Gasteiger partial charge in [0.15, 0.2) is 0 Å². The molecular formula is C17H21NO2. The van der Waals surface area contributed by atoms with Crippen molar-refractivity contribution in [2.24, 2.45) is 0 Å². The van der Waals surface area contributed by atoms with Crippen molar-refractivity contribution < 1.29 is 9.90 Å². The van der Waals surface area contributed by atoms with Crippen LogP contribution in [-0.2, 0) is 6.54 Å². The van der Waals surface area contributed by atoms with Gasteiger partial charge in [-0.1, -0.05) is 38.1 Å². The summed E-state index contributed by atoms with van der Waals surface area (Å²) in [5.74, 6) is -0.368. The first-order valence-corrected chi connectivity index (χ1v) is 6.99. The van der Waals surface area contributed by atoms with Crippen LogP contribution in [0.25, 0.3) is 11.3 Å². The highest BCUT2D eigenvalue weighted by Gasteiger charge is 2.16. The Balaban J connectivity index is 2.51. The van der Waals surface area contributed by atoms with E-state index in [2.05, 4.69) is 38.1 Å². The van der Waals surface area contributed by atoms with Crippen molar-refractivity contribution in [3.8, 4) is 11.3 Å². The molecule has 1 heterocycles. The fourth-order valence-electron chi connectivity index (χ4n) is 2.55. The number of aromatic nitrogens is 1. The fraction of sp³-hybridized carbons (Fsp3) is 0.353. The molecule has 0 atom stereocenters. The minimum atomic E-state index is -0.866. The Hall–Kier alpha value is -2.03. The molecular weight excluding hydrogens is 250 g/mol. The van der Waals surface area contributed by atoms with Gasteiger partial charge in [-0.15, -0.1) is 0 Å². The smallest absolute Gasteiger partial charge is 0.337 e. The molecule has 0 fully saturated rings. The van der Waals surface area contributed by atoms with E-state index in [1.165, 1.54) is 5.56 Å². The molecule has 0 spiro atoms. The predicted octanol–water partition coefficient (Wildman–Crippen LogP) is 4.31. The largest absolute Gasteiger partial charge is 0.478 e. The lowest BCUT2D eigenvalue weighted by molar-refractivity contribution is 0.0696. The summed E-state index contributed by atoms with van der Waals surface area (Å²) >= 11 is 0. The van der Waals surface area contributed by atoms with Crippen molar-refractivity contribution in [1.82, 2.24) is 4.57 Å². The molecule has 3 heteroatoms. The van der Waals surface area contributed by atoms with Crippen LogP contribution in [0, 0.1) is 6.92 Å². The number of hydrogen-bond donors (Lipinski definition) is 1. The quantitative estimate of drug-likeness (QED) is 0.900. The number of carbonyl (C=O) groups is 1. The average Bonchev–Trinajstić information content (AvgIpc) is 2.75. The van der Waals surface area contributed by atoms with Crippen molar-refractivity contribution in [2.75, 3.05) is 0 Å². The van der Waals surface area contributed by atoms with E-state index >= 15 is 0 Å². The summed E-state index contributed by atoms with van der Waals surface area (Å²) in [4.78, 5) is 11.3. The molecule has 1 aromatic carbocycles. The van der Waals surface area contributed by atoms with Crippen LogP contribution in [0.15, 0.2) is 30.3 Å². The monoisotopic (exact) mass is 271 g/mol. The molecule has 3 nitrogen and oxygen atoms in total. The van der Waals surface area contributed by atoms with Crippen LogP contribution >= 0.6 is 0 Å². The molecule has 0 amide bonds. The van der Waals surface area contributed by atoms with Crippen molar-refractivity contribution in [3.05, 3.63) is 47.2 Å². The summed E-state index contributed by atoms with van der Waals surface area (Å²) in [5, 5.41) is 9.25. The standard InChI is InChI=1S/C17H21NO2/c1-5-18-12(4)15(17(19)20)10-16(18)14-8-6-13(7-9-14)11(2)3/h6-11H,5H2,1-4H3,(H,19,20). The van der Waals surface area contributed by atoms with E-state index in [-0.39, 0.29) is 0 Å². The van der Waals surface area contributed by atoms with Crippen LogP contribution in [0.5, 0.6) is 0 Å². The molecule has 1 aromatic heterocycles. The van der Waals surface area contributed by atoms with Crippen LogP contribution in [0.4, 0.5) is 0 Å². The molecule has 0 unspecified atom stereocenters. The van der Waals surface area contributed by atoms with Crippen LogP contribution in [0.2, 0.25) is 0 Å². The maximum Gasteiger partial charge on any atom is 0.337 e. The number of carboxylic acid groups (broad SMARTS) is 1. The topological polar surface area (TPSA) is 42.2 Å². The van der Waals surface area contributed by atoms with Gasteiger partial charge in [0.05, 0.1) is 5.56 Å². The normalized spacial score (nSPS) is 11.1. The minimum absolute atomic E-state index is 0.384. The van der Waals surface area contributed by atoms with Crippen LogP contribution in [-0.4, -0.2) is 15.6 Å². The van der Waals surface area contributed by atoms with Crippen LogP contribution in [0.3, 0.4) is 0 Å². The fourth-order valence-corrected chi connectivity index (χ4v) is 2.55. The molecule has 106 valence electrons. The van der Waals surface area contributed by atoms with Crippen LogP contribution in [0.1, 0.15) is 48.3 Å². The van der Waals surface area contributed by atoms with Crippen molar-refractivity contribution in [2.45, 2.75) is 40.2 Å². The zero-order valence-corrected chi connectivity index (χ0v) is 12.5. The molecule has 1 N–H and O–H groups in total. The Kier molecular flexibility index (Phi) is 3.98. The lowest BCUT2D eigenvalue weighted by Gasteiger charge is -2.10. The van der Waals surface area contributed by atoms with Gasteiger partial charge in [0.25, 0.3) is 0 Å². The number of benzene rings is 1. The maximum atomic E-state index is 11.3. The van der Waals surface area contributed by atoms with Gasteiger partial charge in [-0.05, 0) is 37.0 Å². The van der Waals surface area contributed by atoms with Gasteiger partial charge in [0.1, 0.15) is 0 Å². The summed E-state index contributed by atoms with van der Waals surface area (Å²) < 4.78 is 2.05. The Morgan fingerprint density at radius 1 is 1.25 bits per heavy atom. The SMILES string of the molecule is CCn1c(-c2ccc(C(C)C)cc2)cc(C(=O)O)c1C. The van der Waals surface area contributed by atoms with Gasteiger partial charge in [-0.2, -0.15) is 0 Å². The second kappa shape index (κ2) is 5.53. The third-order valence-electron chi connectivity index (χ3n) is 3.79. The van der Waals surface area contributed by atoms with Gasteiger partial charge in [-0.3, -0.25) is 0 Å². The molecule has 0 aliphatic rings. The number of aromatic carboxylic acids is 1. The van der Waals surface area contributed by atoms with E-state index in [1.54, 1.807) is 6.07 Å². The molecule has 0 aliphatic heterocycles. The Morgan fingerprint density at radius 2 is 1.85 bits per heavy atom. The Labute approximate surface area is 119 Å². The molecule has 0 saturated heterocycles. The average molecular weight is 271 g/mol. The zero-order chi connectivity index (χ0) is 14.9. The molecule has 0 aliphatic carbocycles. The van der Waals surface area contributed by atoms with Gasteiger partial charge in [-0.25, -0.2) is 4.79 Å². The zero-order valence-electron chi connectivity index (χ0n) is 12.5. The third kappa shape index (κ3) is 2.48. The van der Waals surface area contributed by atoms with Crippen molar-refractivity contribution in [3.63, 3.8) is 0 Å². The Morgan fingerprint density at radius 3 is 2.30 bits per heavy atom. The first kappa shape index (κ1) is 14.4. The van der Waals surface area contributed by atoms with Crippen molar-refractivity contribution in [1.29, 1.82) is 0 Å². The van der Waals surface area contributed by atoms with E-state index in [1.807, 2.05) is 18.4 Å². The highest BCUT2D eigenvalue weighted by molar-refractivity contribution is 5.91. The molecule has 2 rings (SSSR count). The van der Waals surface area contributed by atoms with E-state index in [9.17, 15) is 9.90 Å². The first-order valence-electron chi connectivity index (χ1n) is 6.99. The predicted molar refractivity (Wildman–Crippen MR) is 81.3 cm³/mol. The number of rotatable bonds is 4. The van der Waals surface area contributed by atoms with Gasteiger partial charge < -0.3 is 9.67 Å². The summed E-state index contributed by atoms with van der Waals surface area (Å²) in [7, 11) is 0. The van der Waals surface area contributed by atoms with E-state index in [0.29, 0.717) is 11.5 Å². The molecule has 20 heavy (non-hydrogen) atoms. The maximum absolute atomic E-state index is 11.3. The second-order valence-corrected chi connectivity index (χ2v) is 5.35. The summed E-state index contributed by atoms with van der Waals surface area (Å²) in [6, 6.07) is 10.1. The van der Waals surface area contributed by atoms with Gasteiger partial charge in [0.2, 0.25) is 0 Å². The van der Waals surface area contributed by atoms with Gasteiger partial charge in [0, 0.05) is 17.9 Å². The van der Waals surface area contributed by atoms with E-state index < -0.39 is 5.97 Å². The molecule has 2 aromatic rings. The molecule has 0 bridgehead atoms. The Bertz CT molecular complexity index is 621. The molecule has 0 radical (unpaired) electrons. The first-order chi connectivity index (χ1) is 9.45. The number of hydrogen-bond acceptors (Lipinski definition) is 1. The lowest BCUT2D eigenvalue weighted by atomic mass is 10.0. The van der Waals surface area contributed by atoms with Gasteiger partial charge >= 0.3 is 5.97 Å². The summed E-state index contributed by atoms with van der Waals surface area (Å²) in [5.41, 5.74) is 4.51. The second-order valence-electron chi connectivity index (χ2n) is 5.35. The summed E-state index contributed by atoms with van der Waals surface area (Å²) in [6.45, 7) is 8.98. The van der Waals surface area contributed by atoms with Crippen LogP contribution < -0.4 is 0 Å². The number of carboxylic acids is 1. The summed E-state index contributed by atoms with van der Waals surface area (Å²) in [6.07, 6.45) is 0. The van der Waals surface area contributed by atoms with E-state index in [0.717, 1.165) is 23.5 Å².